The predicted molar refractivity (Wildman–Crippen MR) is 130 cm³/mol. The maximum Gasteiger partial charge on any atom is 0.226 e. The summed E-state index contributed by atoms with van der Waals surface area (Å²) in [6, 6.07) is 15.0. The molecule has 0 bridgehead atoms. The largest absolute Gasteiger partial charge is 0.497 e. The van der Waals surface area contributed by atoms with Gasteiger partial charge in [0.05, 0.1) is 14.2 Å². The maximum absolute atomic E-state index is 12.4. The summed E-state index contributed by atoms with van der Waals surface area (Å²) in [6.07, 6.45) is 7.10. The molecular weight excluding hydrogens is 404 g/mol. The predicted octanol–water partition coefficient (Wildman–Crippen LogP) is 5.45. The van der Waals surface area contributed by atoms with E-state index in [0.29, 0.717) is 12.8 Å². The number of hydrogen-bond donors (Lipinski definition) is 0. The second-order valence-electron chi connectivity index (χ2n) is 7.92. The molecule has 0 saturated carbocycles. The summed E-state index contributed by atoms with van der Waals surface area (Å²) in [6.45, 7) is 0. The highest BCUT2D eigenvalue weighted by atomic mass is 16.5. The van der Waals surface area contributed by atoms with Crippen LogP contribution in [0.3, 0.4) is 0 Å². The van der Waals surface area contributed by atoms with Crippen molar-refractivity contribution in [2.75, 3.05) is 38.1 Å². The fraction of sp³-hybridized carbons (Fsp3) is 0.462. The zero-order chi connectivity index (χ0) is 23.3. The number of carbonyl (C=O) groups excluding carboxylic acids is 2. The van der Waals surface area contributed by atoms with Gasteiger partial charge in [-0.1, -0.05) is 25.7 Å². The van der Waals surface area contributed by atoms with E-state index in [9.17, 15) is 9.59 Å². The molecular formula is C26H36N2O4. The average molecular weight is 441 g/mol. The molecule has 0 unspecified atom stereocenters. The van der Waals surface area contributed by atoms with E-state index >= 15 is 0 Å². The molecule has 0 spiro atoms. The Bertz CT molecular complexity index is 762. The first-order valence-corrected chi connectivity index (χ1v) is 11.3. The first-order valence-electron chi connectivity index (χ1n) is 11.3. The molecule has 0 atom stereocenters. The molecule has 0 radical (unpaired) electrons. The monoisotopic (exact) mass is 440 g/mol. The highest BCUT2D eigenvalue weighted by Gasteiger charge is 2.12. The number of carbonyl (C=O) groups is 2. The fourth-order valence-corrected chi connectivity index (χ4v) is 3.49. The Morgan fingerprint density at radius 1 is 0.594 bits per heavy atom. The zero-order valence-electron chi connectivity index (χ0n) is 19.8. The van der Waals surface area contributed by atoms with E-state index in [-0.39, 0.29) is 11.8 Å². The van der Waals surface area contributed by atoms with Gasteiger partial charge in [0.2, 0.25) is 11.8 Å². The lowest BCUT2D eigenvalue weighted by Gasteiger charge is -2.18. The van der Waals surface area contributed by atoms with Gasteiger partial charge in [0.25, 0.3) is 0 Å². The number of benzene rings is 2. The van der Waals surface area contributed by atoms with Crippen LogP contribution in [0.5, 0.6) is 11.5 Å². The summed E-state index contributed by atoms with van der Waals surface area (Å²) in [5.41, 5.74) is 1.75. The molecule has 0 aliphatic heterocycles. The molecule has 0 saturated heterocycles. The molecule has 2 rings (SSSR count). The number of anilines is 2. The number of nitrogens with zero attached hydrogens (tertiary/aromatic N) is 2. The van der Waals surface area contributed by atoms with Gasteiger partial charge in [-0.2, -0.15) is 0 Å². The molecule has 2 aromatic rings. The Hall–Kier alpha value is -3.02. The smallest absolute Gasteiger partial charge is 0.226 e. The van der Waals surface area contributed by atoms with Gasteiger partial charge in [0.15, 0.2) is 0 Å². The third-order valence-corrected chi connectivity index (χ3v) is 5.70. The Morgan fingerprint density at radius 3 is 1.22 bits per heavy atom. The minimum absolute atomic E-state index is 0.127. The van der Waals surface area contributed by atoms with Crippen LogP contribution in [0.4, 0.5) is 11.4 Å². The summed E-state index contributed by atoms with van der Waals surface area (Å²) in [4.78, 5) is 28.1. The topological polar surface area (TPSA) is 59.1 Å². The number of ether oxygens (including phenoxy) is 2. The van der Waals surface area contributed by atoms with E-state index in [1.165, 1.54) is 0 Å². The summed E-state index contributed by atoms with van der Waals surface area (Å²) in [7, 11) is 6.87. The fourth-order valence-electron chi connectivity index (χ4n) is 3.49. The standard InChI is InChI=1S/C26H36N2O4/c1-27(21-13-17-23(31-3)18-14-21)25(29)11-9-7-5-6-8-10-12-26(30)28(2)22-15-19-24(32-4)20-16-22/h13-20H,5-12H2,1-4H3. The van der Waals surface area contributed by atoms with Gasteiger partial charge in [-0.25, -0.2) is 0 Å². The number of methoxy groups -OCH3 is 2. The lowest BCUT2D eigenvalue weighted by atomic mass is 10.1. The Morgan fingerprint density at radius 2 is 0.906 bits per heavy atom. The molecule has 174 valence electrons. The normalized spacial score (nSPS) is 10.5. The summed E-state index contributed by atoms with van der Waals surface area (Å²) in [5, 5.41) is 0. The number of unbranched alkanes of at least 4 members (excludes halogenated alkanes) is 5. The number of rotatable bonds is 13. The van der Waals surface area contributed by atoms with E-state index in [1.54, 1.807) is 24.0 Å². The molecule has 6 nitrogen and oxygen atoms in total. The number of hydrogen-bond acceptors (Lipinski definition) is 4. The zero-order valence-corrected chi connectivity index (χ0v) is 19.8. The Labute approximate surface area is 192 Å². The van der Waals surface area contributed by atoms with Crippen molar-refractivity contribution in [2.24, 2.45) is 0 Å². The van der Waals surface area contributed by atoms with E-state index < -0.39 is 0 Å². The van der Waals surface area contributed by atoms with E-state index in [4.69, 9.17) is 9.47 Å². The Kier molecular flexibility index (Phi) is 10.6. The van der Waals surface area contributed by atoms with E-state index in [2.05, 4.69) is 0 Å². The van der Waals surface area contributed by atoms with Crippen molar-refractivity contribution in [3.05, 3.63) is 48.5 Å². The van der Waals surface area contributed by atoms with Crippen LogP contribution in [-0.2, 0) is 9.59 Å². The SMILES string of the molecule is COc1ccc(N(C)C(=O)CCCCCCCCC(=O)N(C)c2ccc(OC)cc2)cc1. The van der Waals surface area contributed by atoms with Crippen molar-refractivity contribution in [3.63, 3.8) is 0 Å². The Balaban J connectivity index is 1.55. The van der Waals surface area contributed by atoms with Crippen molar-refractivity contribution in [1.29, 1.82) is 0 Å². The van der Waals surface area contributed by atoms with Crippen molar-refractivity contribution < 1.29 is 19.1 Å². The lowest BCUT2D eigenvalue weighted by molar-refractivity contribution is -0.119. The van der Waals surface area contributed by atoms with Gasteiger partial charge in [-0.3, -0.25) is 9.59 Å². The van der Waals surface area contributed by atoms with Crippen LogP contribution in [-0.4, -0.2) is 40.1 Å². The first kappa shape index (κ1) is 25.2. The molecule has 0 aliphatic carbocycles. The van der Waals surface area contributed by atoms with Crippen molar-refractivity contribution in [3.8, 4) is 11.5 Å². The van der Waals surface area contributed by atoms with Crippen LogP contribution in [0.2, 0.25) is 0 Å². The van der Waals surface area contributed by atoms with Crippen LogP contribution in [0.25, 0.3) is 0 Å². The molecule has 0 aliphatic rings. The second-order valence-corrected chi connectivity index (χ2v) is 7.92. The van der Waals surface area contributed by atoms with Crippen LogP contribution in [0.1, 0.15) is 51.4 Å². The van der Waals surface area contributed by atoms with Gasteiger partial charge in [0, 0.05) is 38.3 Å². The summed E-state index contributed by atoms with van der Waals surface area (Å²) in [5.74, 6) is 1.82. The van der Waals surface area contributed by atoms with Crippen LogP contribution < -0.4 is 19.3 Å². The minimum Gasteiger partial charge on any atom is -0.497 e. The second kappa shape index (κ2) is 13.4. The molecule has 6 heteroatoms. The minimum atomic E-state index is 0.127. The average Bonchev–Trinajstić information content (AvgIpc) is 2.84. The maximum atomic E-state index is 12.4. The third kappa shape index (κ3) is 7.91. The quantitative estimate of drug-likeness (QED) is 0.389. The third-order valence-electron chi connectivity index (χ3n) is 5.70. The molecule has 2 aromatic carbocycles. The van der Waals surface area contributed by atoms with E-state index in [1.807, 2.05) is 62.6 Å². The highest BCUT2D eigenvalue weighted by Crippen LogP contribution is 2.21. The van der Waals surface area contributed by atoms with Gasteiger partial charge >= 0.3 is 0 Å². The molecule has 2 amide bonds. The molecule has 0 fully saturated rings. The van der Waals surface area contributed by atoms with Gasteiger partial charge in [0.1, 0.15) is 11.5 Å². The van der Waals surface area contributed by atoms with Crippen molar-refractivity contribution in [2.45, 2.75) is 51.4 Å². The van der Waals surface area contributed by atoms with Gasteiger partial charge in [-0.15, -0.1) is 0 Å². The van der Waals surface area contributed by atoms with Crippen LogP contribution >= 0.6 is 0 Å². The van der Waals surface area contributed by atoms with Crippen molar-refractivity contribution in [1.82, 2.24) is 0 Å². The van der Waals surface area contributed by atoms with Crippen molar-refractivity contribution >= 4 is 23.2 Å². The molecule has 0 aromatic heterocycles. The first-order chi connectivity index (χ1) is 15.5. The molecule has 0 N–H and O–H groups in total. The summed E-state index contributed by atoms with van der Waals surface area (Å²) >= 11 is 0. The van der Waals surface area contributed by atoms with Gasteiger partial charge < -0.3 is 19.3 Å². The lowest BCUT2D eigenvalue weighted by Crippen LogP contribution is -2.25. The van der Waals surface area contributed by atoms with Gasteiger partial charge in [-0.05, 0) is 61.4 Å². The number of amides is 2. The summed E-state index contributed by atoms with van der Waals surface area (Å²) < 4.78 is 10.3. The van der Waals surface area contributed by atoms with E-state index in [0.717, 1.165) is 61.4 Å². The molecule has 32 heavy (non-hydrogen) atoms. The van der Waals surface area contributed by atoms with Crippen LogP contribution in [0.15, 0.2) is 48.5 Å². The highest BCUT2D eigenvalue weighted by molar-refractivity contribution is 5.93. The molecule has 0 heterocycles. The van der Waals surface area contributed by atoms with Crippen LogP contribution in [0, 0.1) is 0 Å².